The van der Waals surface area contributed by atoms with Gasteiger partial charge in [0.2, 0.25) is 11.6 Å². The Labute approximate surface area is 149 Å². The number of aliphatic hydroxyl groups excluding tert-OH is 1. The van der Waals surface area contributed by atoms with Crippen LogP contribution in [0.2, 0.25) is 0 Å². The summed E-state index contributed by atoms with van der Waals surface area (Å²) in [5, 5.41) is 12.7. The van der Waals surface area contributed by atoms with Crippen molar-refractivity contribution in [3.05, 3.63) is 83.4 Å². The second kappa shape index (κ2) is 6.22. The summed E-state index contributed by atoms with van der Waals surface area (Å²) in [6, 6.07) is 20.7. The number of benzene rings is 3. The van der Waals surface area contributed by atoms with Crippen molar-refractivity contribution in [1.29, 1.82) is 0 Å². The molecule has 4 heteroatoms. The highest BCUT2D eigenvalue weighted by Crippen LogP contribution is 2.32. The van der Waals surface area contributed by atoms with Gasteiger partial charge in [0.25, 0.3) is 0 Å². The van der Waals surface area contributed by atoms with Crippen LogP contribution in [0.5, 0.6) is 0 Å². The minimum Gasteiger partial charge on any atom is -0.507 e. The van der Waals surface area contributed by atoms with Crippen LogP contribution >= 0.6 is 11.8 Å². The lowest BCUT2D eigenvalue weighted by molar-refractivity contribution is -0.111. The molecule has 3 aromatic carbocycles. The van der Waals surface area contributed by atoms with Gasteiger partial charge >= 0.3 is 0 Å². The zero-order valence-electron chi connectivity index (χ0n) is 13.2. The SMILES string of the molecule is O=C1C(=O)c2ccccc2C(O)=C1CSc1ccc2ccccc2c1. The topological polar surface area (TPSA) is 54.4 Å². The van der Waals surface area contributed by atoms with Crippen LogP contribution in [0, 0.1) is 0 Å². The molecule has 0 bridgehead atoms. The van der Waals surface area contributed by atoms with E-state index in [2.05, 4.69) is 0 Å². The summed E-state index contributed by atoms with van der Waals surface area (Å²) in [6.07, 6.45) is 0. The third-order valence-electron chi connectivity index (χ3n) is 4.30. The number of thioether (sulfide) groups is 1. The molecule has 1 N–H and O–H groups in total. The van der Waals surface area contributed by atoms with Crippen LogP contribution in [0.4, 0.5) is 0 Å². The first-order valence-corrected chi connectivity index (χ1v) is 8.86. The van der Waals surface area contributed by atoms with Gasteiger partial charge in [-0.25, -0.2) is 0 Å². The largest absolute Gasteiger partial charge is 0.507 e. The van der Waals surface area contributed by atoms with E-state index in [0.29, 0.717) is 5.56 Å². The molecule has 0 aliphatic heterocycles. The van der Waals surface area contributed by atoms with Gasteiger partial charge in [-0.05, 0) is 22.9 Å². The Kier molecular flexibility index (Phi) is 3.90. The maximum absolute atomic E-state index is 12.4. The molecule has 0 aromatic heterocycles. The molecule has 0 radical (unpaired) electrons. The summed E-state index contributed by atoms with van der Waals surface area (Å²) in [4.78, 5) is 25.6. The molecule has 122 valence electrons. The van der Waals surface area contributed by atoms with Crippen molar-refractivity contribution in [2.24, 2.45) is 0 Å². The molecular formula is C21H14O3S. The molecule has 25 heavy (non-hydrogen) atoms. The quantitative estimate of drug-likeness (QED) is 0.553. The summed E-state index contributed by atoms with van der Waals surface area (Å²) in [7, 11) is 0. The predicted octanol–water partition coefficient (Wildman–Crippen LogP) is 4.67. The van der Waals surface area contributed by atoms with Gasteiger partial charge in [0, 0.05) is 21.8 Å². The molecular weight excluding hydrogens is 332 g/mol. The first-order chi connectivity index (χ1) is 12.1. The fourth-order valence-electron chi connectivity index (χ4n) is 2.96. The van der Waals surface area contributed by atoms with Gasteiger partial charge in [-0.3, -0.25) is 9.59 Å². The van der Waals surface area contributed by atoms with E-state index in [-0.39, 0.29) is 22.6 Å². The standard InChI is InChI=1S/C21H14O3S/c22-19-16-7-3-4-8-17(16)20(23)21(24)18(19)12-25-15-10-9-13-5-1-2-6-14(13)11-15/h1-11,22H,12H2. The minimum absolute atomic E-state index is 0.0894. The Morgan fingerprint density at radius 2 is 1.44 bits per heavy atom. The number of rotatable bonds is 3. The predicted molar refractivity (Wildman–Crippen MR) is 100 cm³/mol. The Bertz CT molecular complexity index is 1050. The number of Topliss-reactive ketones (excluding diaryl/α,β-unsaturated/α-hetero) is 2. The van der Waals surface area contributed by atoms with Crippen LogP contribution in [-0.2, 0) is 4.79 Å². The van der Waals surface area contributed by atoms with E-state index in [4.69, 9.17) is 0 Å². The van der Waals surface area contributed by atoms with Crippen LogP contribution < -0.4 is 0 Å². The van der Waals surface area contributed by atoms with Crippen molar-refractivity contribution in [1.82, 2.24) is 0 Å². The van der Waals surface area contributed by atoms with Gasteiger partial charge in [-0.15, -0.1) is 11.8 Å². The highest BCUT2D eigenvalue weighted by molar-refractivity contribution is 7.99. The molecule has 1 aliphatic carbocycles. The number of fused-ring (bicyclic) bond motifs is 2. The summed E-state index contributed by atoms with van der Waals surface area (Å²) < 4.78 is 0. The fourth-order valence-corrected chi connectivity index (χ4v) is 3.92. The Morgan fingerprint density at radius 3 is 2.24 bits per heavy atom. The summed E-state index contributed by atoms with van der Waals surface area (Å²) in [5.41, 5.74) is 0.868. The highest BCUT2D eigenvalue weighted by Gasteiger charge is 2.32. The number of carbonyl (C=O) groups excluding carboxylic acids is 2. The molecule has 0 unspecified atom stereocenters. The molecule has 0 saturated heterocycles. The second-order valence-corrected chi connectivity index (χ2v) is 6.88. The van der Waals surface area contributed by atoms with Crippen molar-refractivity contribution in [2.75, 3.05) is 5.75 Å². The first-order valence-electron chi connectivity index (χ1n) is 7.87. The third kappa shape index (κ3) is 2.75. The molecule has 3 nitrogen and oxygen atoms in total. The Balaban J connectivity index is 1.65. The van der Waals surface area contributed by atoms with Gasteiger partial charge in [-0.2, -0.15) is 0 Å². The number of aliphatic hydroxyl groups is 1. The van der Waals surface area contributed by atoms with Crippen molar-refractivity contribution < 1.29 is 14.7 Å². The lowest BCUT2D eigenvalue weighted by atomic mass is 9.89. The summed E-state index contributed by atoms with van der Waals surface area (Å²) in [6.45, 7) is 0. The number of carbonyl (C=O) groups is 2. The highest BCUT2D eigenvalue weighted by atomic mass is 32.2. The van der Waals surface area contributed by atoms with E-state index in [1.807, 2.05) is 42.5 Å². The second-order valence-electron chi connectivity index (χ2n) is 5.83. The third-order valence-corrected chi connectivity index (χ3v) is 5.32. The molecule has 0 saturated carbocycles. The van der Waals surface area contributed by atoms with E-state index in [1.165, 1.54) is 11.8 Å². The average Bonchev–Trinajstić information content (AvgIpc) is 2.66. The summed E-state index contributed by atoms with van der Waals surface area (Å²) >= 11 is 1.44. The first kappa shape index (κ1) is 15.7. The van der Waals surface area contributed by atoms with Crippen LogP contribution in [0.15, 0.2) is 77.2 Å². The lowest BCUT2D eigenvalue weighted by Gasteiger charge is -2.17. The average molecular weight is 346 g/mol. The van der Waals surface area contributed by atoms with Crippen molar-refractivity contribution in [2.45, 2.75) is 4.90 Å². The van der Waals surface area contributed by atoms with Gasteiger partial charge in [0.15, 0.2) is 0 Å². The van der Waals surface area contributed by atoms with Gasteiger partial charge in [-0.1, -0.05) is 54.6 Å². The molecule has 3 aromatic rings. The normalized spacial score (nSPS) is 14.1. The smallest absolute Gasteiger partial charge is 0.234 e. The van der Waals surface area contributed by atoms with Crippen molar-refractivity contribution >= 4 is 39.9 Å². The Morgan fingerprint density at radius 1 is 0.760 bits per heavy atom. The fraction of sp³-hybridized carbons (Fsp3) is 0.0476. The molecule has 0 atom stereocenters. The zero-order valence-corrected chi connectivity index (χ0v) is 14.0. The molecule has 4 rings (SSSR count). The number of hydrogen-bond acceptors (Lipinski definition) is 4. The maximum atomic E-state index is 12.4. The number of ketones is 2. The zero-order chi connectivity index (χ0) is 17.4. The van der Waals surface area contributed by atoms with Crippen molar-refractivity contribution in [3.8, 4) is 0 Å². The molecule has 0 heterocycles. The molecule has 1 aliphatic rings. The van der Waals surface area contributed by atoms with Gasteiger partial charge < -0.3 is 5.11 Å². The van der Waals surface area contributed by atoms with Crippen LogP contribution in [-0.4, -0.2) is 22.4 Å². The minimum atomic E-state index is -0.621. The van der Waals surface area contributed by atoms with Crippen LogP contribution in [0.3, 0.4) is 0 Å². The molecule has 0 fully saturated rings. The van der Waals surface area contributed by atoms with E-state index in [1.54, 1.807) is 24.3 Å². The maximum Gasteiger partial charge on any atom is 0.234 e. The van der Waals surface area contributed by atoms with E-state index in [9.17, 15) is 14.7 Å². The molecule has 0 amide bonds. The van der Waals surface area contributed by atoms with Crippen molar-refractivity contribution in [3.63, 3.8) is 0 Å². The Hall–Kier alpha value is -2.85. The number of hydrogen-bond donors (Lipinski definition) is 1. The molecule has 0 spiro atoms. The lowest BCUT2D eigenvalue weighted by Crippen LogP contribution is -2.25. The van der Waals surface area contributed by atoms with Gasteiger partial charge in [0.05, 0.1) is 5.57 Å². The van der Waals surface area contributed by atoms with Gasteiger partial charge in [0.1, 0.15) is 5.76 Å². The van der Waals surface area contributed by atoms with Crippen LogP contribution in [0.1, 0.15) is 15.9 Å². The monoisotopic (exact) mass is 346 g/mol. The van der Waals surface area contributed by atoms with E-state index >= 15 is 0 Å². The summed E-state index contributed by atoms with van der Waals surface area (Å²) in [5.74, 6) is -1.01. The van der Waals surface area contributed by atoms with E-state index in [0.717, 1.165) is 15.7 Å². The van der Waals surface area contributed by atoms with Crippen LogP contribution in [0.25, 0.3) is 16.5 Å². The van der Waals surface area contributed by atoms with E-state index < -0.39 is 11.6 Å².